The zero-order valence-electron chi connectivity index (χ0n) is 9.61. The van der Waals surface area contributed by atoms with Crippen LogP contribution in [0.4, 0.5) is 0 Å². The van der Waals surface area contributed by atoms with E-state index in [4.69, 9.17) is 4.74 Å². The minimum Gasteiger partial charge on any atom is -0.504 e. The molecule has 94 valence electrons. The summed E-state index contributed by atoms with van der Waals surface area (Å²) in [5.41, 5.74) is 1.00. The van der Waals surface area contributed by atoms with Gasteiger partial charge in [0, 0.05) is 10.0 Å². The molecule has 0 radical (unpaired) electrons. The van der Waals surface area contributed by atoms with E-state index < -0.39 is 5.97 Å². The lowest BCUT2D eigenvalue weighted by Gasteiger charge is -2.00. The highest BCUT2D eigenvalue weighted by molar-refractivity contribution is 9.10. The zero-order chi connectivity index (χ0) is 13.1. The molecule has 0 atom stereocenters. The van der Waals surface area contributed by atoms with Crippen LogP contribution in [0, 0.1) is 0 Å². The third-order valence-electron chi connectivity index (χ3n) is 2.34. The predicted octanol–water partition coefficient (Wildman–Crippen LogP) is 2.72. The molecule has 0 spiro atoms. The van der Waals surface area contributed by atoms with Crippen LogP contribution in [0.1, 0.15) is 17.4 Å². The van der Waals surface area contributed by atoms with Crippen molar-refractivity contribution in [1.29, 1.82) is 0 Å². The largest absolute Gasteiger partial charge is 0.504 e. The van der Waals surface area contributed by atoms with Gasteiger partial charge < -0.3 is 9.84 Å². The standard InChI is InChI=1S/C12H11BrN2O3/c1-2-18-12(17)10-11(16)9(14-15-10)7-3-5-8(13)6-4-7/h3-6,16H,2H2,1H3,(H,14,15). The van der Waals surface area contributed by atoms with Crippen LogP contribution < -0.4 is 0 Å². The van der Waals surface area contributed by atoms with E-state index in [2.05, 4.69) is 26.1 Å². The minimum atomic E-state index is -0.620. The number of carbonyl (C=O) groups is 1. The van der Waals surface area contributed by atoms with Gasteiger partial charge in [0.2, 0.25) is 0 Å². The Morgan fingerprint density at radius 2 is 2.11 bits per heavy atom. The molecule has 1 aromatic carbocycles. The molecule has 1 heterocycles. The molecule has 0 aliphatic heterocycles. The molecule has 1 aromatic heterocycles. The monoisotopic (exact) mass is 310 g/mol. The molecule has 0 aliphatic rings. The average molecular weight is 311 g/mol. The Bertz CT molecular complexity index is 563. The first kappa shape index (κ1) is 12.6. The maximum atomic E-state index is 11.5. The van der Waals surface area contributed by atoms with Gasteiger partial charge in [0.25, 0.3) is 0 Å². The molecular weight excluding hydrogens is 300 g/mol. The lowest BCUT2D eigenvalue weighted by Crippen LogP contribution is -2.05. The van der Waals surface area contributed by atoms with E-state index in [0.29, 0.717) is 11.3 Å². The number of benzene rings is 1. The number of aromatic amines is 1. The number of halogens is 1. The molecule has 2 rings (SSSR count). The molecule has 0 bridgehead atoms. The van der Waals surface area contributed by atoms with Gasteiger partial charge in [-0.15, -0.1) is 0 Å². The summed E-state index contributed by atoms with van der Waals surface area (Å²) in [5, 5.41) is 16.4. The molecule has 5 nitrogen and oxygen atoms in total. The second-order valence-electron chi connectivity index (χ2n) is 3.52. The van der Waals surface area contributed by atoms with Crippen LogP contribution in [0.5, 0.6) is 5.75 Å². The fourth-order valence-electron chi connectivity index (χ4n) is 1.49. The first-order chi connectivity index (χ1) is 8.63. The molecule has 0 amide bonds. The number of rotatable bonds is 3. The van der Waals surface area contributed by atoms with Crippen LogP contribution in [0.2, 0.25) is 0 Å². The first-order valence-electron chi connectivity index (χ1n) is 5.34. The summed E-state index contributed by atoms with van der Waals surface area (Å²) < 4.78 is 5.72. The van der Waals surface area contributed by atoms with Gasteiger partial charge >= 0.3 is 5.97 Å². The van der Waals surface area contributed by atoms with Crippen LogP contribution in [0.25, 0.3) is 11.3 Å². The van der Waals surface area contributed by atoms with Gasteiger partial charge in [-0.3, -0.25) is 5.10 Å². The van der Waals surface area contributed by atoms with E-state index in [0.717, 1.165) is 4.47 Å². The minimum absolute atomic E-state index is 0.0326. The third kappa shape index (κ3) is 2.38. The molecule has 2 N–H and O–H groups in total. The Labute approximate surface area is 112 Å². The number of H-pyrrole nitrogens is 1. The highest BCUT2D eigenvalue weighted by Gasteiger charge is 2.20. The van der Waals surface area contributed by atoms with Crippen molar-refractivity contribution < 1.29 is 14.6 Å². The summed E-state index contributed by atoms with van der Waals surface area (Å²) in [5.74, 6) is -0.818. The molecule has 18 heavy (non-hydrogen) atoms. The van der Waals surface area contributed by atoms with Crippen molar-refractivity contribution in [1.82, 2.24) is 10.2 Å². The van der Waals surface area contributed by atoms with Crippen molar-refractivity contribution in [3.8, 4) is 17.0 Å². The summed E-state index contributed by atoms with van der Waals surface area (Å²) in [6.45, 7) is 1.94. The van der Waals surface area contributed by atoms with E-state index in [9.17, 15) is 9.90 Å². The van der Waals surface area contributed by atoms with Crippen molar-refractivity contribution in [2.45, 2.75) is 6.92 Å². The van der Waals surface area contributed by atoms with Gasteiger partial charge in [-0.25, -0.2) is 4.79 Å². The van der Waals surface area contributed by atoms with E-state index in [1.165, 1.54) is 0 Å². The second-order valence-corrected chi connectivity index (χ2v) is 4.44. The smallest absolute Gasteiger partial charge is 0.360 e. The SMILES string of the molecule is CCOC(=O)c1[nH]nc(-c2ccc(Br)cc2)c1O. The number of aromatic nitrogens is 2. The first-order valence-corrected chi connectivity index (χ1v) is 6.13. The number of aromatic hydroxyl groups is 1. The summed E-state index contributed by atoms with van der Waals surface area (Å²) in [4.78, 5) is 11.5. The molecule has 0 unspecified atom stereocenters. The molecule has 2 aromatic rings. The Kier molecular flexibility index (Phi) is 3.66. The van der Waals surface area contributed by atoms with Crippen molar-refractivity contribution in [2.75, 3.05) is 6.61 Å². The number of ether oxygens (including phenoxy) is 1. The van der Waals surface area contributed by atoms with Crippen LogP contribution in [0.15, 0.2) is 28.7 Å². The predicted molar refractivity (Wildman–Crippen MR) is 69.3 cm³/mol. The Hall–Kier alpha value is -1.82. The summed E-state index contributed by atoms with van der Waals surface area (Å²) in [7, 11) is 0. The molecule has 0 saturated heterocycles. The maximum absolute atomic E-state index is 11.5. The van der Waals surface area contributed by atoms with Gasteiger partial charge in [-0.2, -0.15) is 5.10 Å². The van der Waals surface area contributed by atoms with E-state index >= 15 is 0 Å². The molecule has 6 heteroatoms. The fraction of sp³-hybridized carbons (Fsp3) is 0.167. The molecular formula is C12H11BrN2O3. The van der Waals surface area contributed by atoms with E-state index in [-0.39, 0.29) is 18.1 Å². The topological polar surface area (TPSA) is 75.2 Å². The highest BCUT2D eigenvalue weighted by atomic mass is 79.9. The normalized spacial score (nSPS) is 10.3. The van der Waals surface area contributed by atoms with Crippen molar-refractivity contribution in [3.05, 3.63) is 34.4 Å². The molecule has 0 saturated carbocycles. The Morgan fingerprint density at radius 1 is 1.44 bits per heavy atom. The summed E-state index contributed by atoms with van der Waals surface area (Å²) in [6.07, 6.45) is 0. The number of esters is 1. The van der Waals surface area contributed by atoms with Crippen LogP contribution in [-0.4, -0.2) is 27.9 Å². The fourth-order valence-corrected chi connectivity index (χ4v) is 1.76. The van der Waals surface area contributed by atoms with Gasteiger partial charge in [-0.05, 0) is 19.1 Å². The van der Waals surface area contributed by atoms with Crippen LogP contribution in [-0.2, 0) is 4.74 Å². The number of nitrogens with one attached hydrogen (secondary N) is 1. The van der Waals surface area contributed by atoms with Crippen LogP contribution in [0.3, 0.4) is 0 Å². The number of hydrogen-bond donors (Lipinski definition) is 2. The Morgan fingerprint density at radius 3 is 2.72 bits per heavy atom. The lowest BCUT2D eigenvalue weighted by atomic mass is 10.1. The van der Waals surface area contributed by atoms with Crippen molar-refractivity contribution in [2.24, 2.45) is 0 Å². The molecule has 0 fully saturated rings. The van der Waals surface area contributed by atoms with Crippen molar-refractivity contribution >= 4 is 21.9 Å². The number of nitrogens with zero attached hydrogens (tertiary/aromatic N) is 1. The quantitative estimate of drug-likeness (QED) is 0.855. The van der Waals surface area contributed by atoms with E-state index in [1.54, 1.807) is 19.1 Å². The van der Waals surface area contributed by atoms with Gasteiger partial charge in [0.15, 0.2) is 11.4 Å². The van der Waals surface area contributed by atoms with Crippen LogP contribution >= 0.6 is 15.9 Å². The van der Waals surface area contributed by atoms with Crippen molar-refractivity contribution in [3.63, 3.8) is 0 Å². The highest BCUT2D eigenvalue weighted by Crippen LogP contribution is 2.30. The summed E-state index contributed by atoms with van der Waals surface area (Å²) >= 11 is 3.32. The molecule has 0 aliphatic carbocycles. The average Bonchev–Trinajstić information content (AvgIpc) is 2.73. The Balaban J connectivity index is 2.36. The summed E-state index contributed by atoms with van der Waals surface area (Å²) in [6, 6.07) is 7.23. The van der Waals surface area contributed by atoms with Gasteiger partial charge in [0.05, 0.1) is 6.61 Å². The lowest BCUT2D eigenvalue weighted by molar-refractivity contribution is 0.0516. The van der Waals surface area contributed by atoms with Gasteiger partial charge in [-0.1, -0.05) is 28.1 Å². The van der Waals surface area contributed by atoms with E-state index in [1.807, 2.05) is 12.1 Å². The number of carbonyl (C=O) groups excluding carboxylic acids is 1. The zero-order valence-corrected chi connectivity index (χ0v) is 11.2. The van der Waals surface area contributed by atoms with Gasteiger partial charge in [0.1, 0.15) is 5.69 Å². The second kappa shape index (κ2) is 5.22. The maximum Gasteiger partial charge on any atom is 0.360 e. The third-order valence-corrected chi connectivity index (χ3v) is 2.87. The number of hydrogen-bond acceptors (Lipinski definition) is 4.